The number of hydrogen-bond donors (Lipinski definition) is 7. The molecule has 0 spiro atoms. The Morgan fingerprint density at radius 2 is 1.92 bits per heavy atom. The molecule has 2 amide bonds. The maximum Gasteiger partial charge on any atom is 0.418 e. The first-order valence-corrected chi connectivity index (χ1v) is 17.6. The topological polar surface area (TPSA) is 282 Å². The number of fused-ring (bicyclic) bond motifs is 1. The molecule has 2 aromatic carbocycles. The molecule has 18 nitrogen and oxygen atoms in total. The lowest BCUT2D eigenvalue weighted by Crippen LogP contribution is -2.76. The van der Waals surface area contributed by atoms with Crippen LogP contribution in [0.25, 0.3) is 0 Å². The Bertz CT molecular complexity index is 2000. The first kappa shape index (κ1) is 37.1. The molecule has 0 saturated carbocycles. The van der Waals surface area contributed by atoms with Gasteiger partial charge in [-0.05, 0) is 68.5 Å². The number of benzene rings is 2. The van der Waals surface area contributed by atoms with Crippen molar-refractivity contribution in [2.24, 2.45) is 10.9 Å². The second-order valence-electron chi connectivity index (χ2n) is 12.4. The van der Waals surface area contributed by atoms with Crippen LogP contribution in [-0.2, 0) is 53.4 Å². The number of nitrogens with one attached hydrogen (secondary N) is 3. The molecule has 3 aromatic rings. The summed E-state index contributed by atoms with van der Waals surface area (Å²) in [5.41, 5.74) is 10.5. The van der Waals surface area contributed by atoms with Gasteiger partial charge in [-0.15, -0.1) is 15.6 Å². The third-order valence-electron chi connectivity index (χ3n) is 8.49. The molecule has 2 aliphatic heterocycles. The number of carboxylic acid groups (broad SMARTS) is 1. The molecule has 0 aliphatic carbocycles. The average molecular weight is 745 g/mol. The van der Waals surface area contributed by atoms with E-state index in [0.717, 1.165) is 28.0 Å². The number of aliphatic carboxylic acids is 1. The molecule has 1 fully saturated rings. The number of β-lactam (4-membered cyclic amide) rings is 1. The summed E-state index contributed by atoms with van der Waals surface area (Å²) in [7, 11) is -5.04. The second kappa shape index (κ2) is 14.2. The maximum atomic E-state index is 13.5. The number of anilines is 1. The van der Waals surface area contributed by atoms with Gasteiger partial charge >= 0.3 is 16.4 Å². The molecule has 3 atom stereocenters. The smallest absolute Gasteiger partial charge is 0.418 e. The summed E-state index contributed by atoms with van der Waals surface area (Å²) in [5.74, 6) is -2.91. The average Bonchev–Trinajstić information content (AvgIpc) is 3.52. The number of nitrogen functional groups attached to an aromatic ring is 1. The minimum absolute atomic E-state index is 0.0512. The van der Waals surface area contributed by atoms with Crippen LogP contribution in [0.4, 0.5) is 5.13 Å². The number of oxime groups is 1. The molecule has 0 bridgehead atoms. The summed E-state index contributed by atoms with van der Waals surface area (Å²) < 4.78 is 41.8. The van der Waals surface area contributed by atoms with Crippen LogP contribution >= 0.6 is 11.3 Å². The van der Waals surface area contributed by atoms with Crippen LogP contribution in [0.15, 0.2) is 53.0 Å². The molecular weight excluding hydrogens is 709 g/mol. The lowest BCUT2D eigenvalue weighted by Gasteiger charge is -2.50. The first-order valence-electron chi connectivity index (χ1n) is 15.4. The van der Waals surface area contributed by atoms with Crippen LogP contribution < -0.4 is 26.8 Å². The molecule has 272 valence electrons. The lowest BCUT2D eigenvalue weighted by molar-refractivity contribution is -0.218. The fourth-order valence-corrected chi connectivity index (χ4v) is 6.42. The fourth-order valence-electron chi connectivity index (χ4n) is 5.41. The summed E-state index contributed by atoms with van der Waals surface area (Å²) in [4.78, 5) is 48.4. The Labute approximate surface area is 296 Å². The number of rotatable bonds is 13. The van der Waals surface area contributed by atoms with Crippen molar-refractivity contribution in [3.05, 3.63) is 75.8 Å². The van der Waals surface area contributed by atoms with Crippen molar-refractivity contribution >= 4 is 56.2 Å². The first-order chi connectivity index (χ1) is 23.9. The number of nitrogens with two attached hydrogens (primary N) is 2. The standard InChI is InChI=1S/C31H36N8O10S2/c1-30(2)24(27(41)39(30)49-51(44,45)46)37-26(40)23(20-15-50-29(34)36-20)38-48-31(3,28(42)43)22-11-9-18-12-19(8-10-21(18)47-22)25(33)35-14-17-6-4-16(13-32)5-7-17/h4-8,10,12,15,22,24H,9,11,13-14,32H2,1-3H3,(H2,33,35)(H2,34,36)(H,37,40)(H,42,43)(H,44,45,46)/b38-23-/t22-,24-,31+/m1/s1. The highest BCUT2D eigenvalue weighted by Gasteiger charge is 2.58. The quantitative estimate of drug-likeness (QED) is 0.0424. The van der Waals surface area contributed by atoms with Crippen LogP contribution in [-0.4, -0.2) is 80.7 Å². The number of carbonyl (C=O) groups excluding carboxylic acids is 2. The van der Waals surface area contributed by atoms with Crippen LogP contribution in [0, 0.1) is 5.41 Å². The third kappa shape index (κ3) is 7.94. The molecule has 1 aromatic heterocycles. The number of thiazole rings is 1. The predicted octanol–water partition coefficient (Wildman–Crippen LogP) is 1.10. The number of nitrogens with zero attached hydrogens (tertiary/aromatic N) is 3. The molecule has 1 saturated heterocycles. The van der Waals surface area contributed by atoms with Crippen molar-refractivity contribution in [3.63, 3.8) is 0 Å². The van der Waals surface area contributed by atoms with Gasteiger partial charge in [-0.3, -0.25) is 19.6 Å². The molecule has 9 N–H and O–H groups in total. The van der Waals surface area contributed by atoms with Crippen molar-refractivity contribution in [1.29, 1.82) is 5.41 Å². The number of aryl methyl sites for hydroxylation is 1. The van der Waals surface area contributed by atoms with Crippen molar-refractivity contribution in [1.82, 2.24) is 20.7 Å². The molecule has 2 aliphatic rings. The zero-order valence-electron chi connectivity index (χ0n) is 27.6. The normalized spacial score (nSPS) is 19.5. The van der Waals surface area contributed by atoms with E-state index in [4.69, 9.17) is 31.0 Å². The summed E-state index contributed by atoms with van der Waals surface area (Å²) in [6, 6.07) is 11.5. The highest BCUT2D eigenvalue weighted by atomic mass is 32.3. The zero-order valence-corrected chi connectivity index (χ0v) is 29.2. The Hall–Kier alpha value is -5.15. The SMILES string of the molecule is CC1(C)[C@H](NC(=O)/C(=N\O[C@](C)(C(=O)O)[C@H]2CCc3cc(C(=N)NCc4ccc(CN)cc4)ccc3O2)c2csc(N)n2)C(=O)N1OS(=O)(=O)O. The number of carbonyl (C=O) groups is 3. The molecule has 0 radical (unpaired) electrons. The number of hydroxylamine groups is 2. The third-order valence-corrected chi connectivity index (χ3v) is 9.50. The number of amides is 2. The minimum atomic E-state index is -5.04. The van der Waals surface area contributed by atoms with Gasteiger partial charge in [0.2, 0.25) is 0 Å². The van der Waals surface area contributed by atoms with E-state index in [0.29, 0.717) is 35.9 Å². The van der Waals surface area contributed by atoms with E-state index in [1.165, 1.54) is 26.2 Å². The Morgan fingerprint density at radius 1 is 1.24 bits per heavy atom. The van der Waals surface area contributed by atoms with Crippen molar-refractivity contribution < 1.29 is 46.3 Å². The summed E-state index contributed by atoms with van der Waals surface area (Å²) >= 11 is 0.958. The molecule has 0 unspecified atom stereocenters. The Kier molecular flexibility index (Phi) is 10.4. The molecule has 5 rings (SSSR count). The van der Waals surface area contributed by atoms with E-state index in [9.17, 15) is 27.9 Å². The van der Waals surface area contributed by atoms with E-state index >= 15 is 0 Å². The lowest BCUT2D eigenvalue weighted by atomic mass is 9.84. The number of ether oxygens (including phenoxy) is 1. The van der Waals surface area contributed by atoms with Gasteiger partial charge in [0.25, 0.3) is 17.4 Å². The van der Waals surface area contributed by atoms with Gasteiger partial charge < -0.3 is 36.8 Å². The van der Waals surface area contributed by atoms with Gasteiger partial charge in [0.15, 0.2) is 16.9 Å². The molecule has 3 heterocycles. The molecule has 51 heavy (non-hydrogen) atoms. The highest BCUT2D eigenvalue weighted by molar-refractivity contribution is 7.80. The number of amidine groups is 1. The summed E-state index contributed by atoms with van der Waals surface area (Å²) in [6.07, 6.45) is -0.550. The van der Waals surface area contributed by atoms with Gasteiger partial charge in [0.05, 0.1) is 5.54 Å². The van der Waals surface area contributed by atoms with E-state index in [1.807, 2.05) is 24.3 Å². The second-order valence-corrected chi connectivity index (χ2v) is 14.3. The van der Waals surface area contributed by atoms with Gasteiger partial charge in [-0.1, -0.05) is 29.4 Å². The zero-order chi connectivity index (χ0) is 37.3. The number of hydrogen-bond acceptors (Lipinski definition) is 14. The van der Waals surface area contributed by atoms with E-state index in [1.54, 1.807) is 18.2 Å². The number of aromatic nitrogens is 1. The van der Waals surface area contributed by atoms with Gasteiger partial charge in [0, 0.05) is 24.0 Å². The maximum absolute atomic E-state index is 13.5. The highest BCUT2D eigenvalue weighted by Crippen LogP contribution is 2.35. The van der Waals surface area contributed by atoms with Gasteiger partial charge in [-0.2, -0.15) is 13.5 Å². The van der Waals surface area contributed by atoms with Gasteiger partial charge in [0.1, 0.15) is 23.3 Å². The van der Waals surface area contributed by atoms with Crippen molar-refractivity contribution in [2.45, 2.75) is 70.0 Å². The van der Waals surface area contributed by atoms with Gasteiger partial charge in [-0.25, -0.2) is 9.78 Å². The van der Waals surface area contributed by atoms with Crippen LogP contribution in [0.5, 0.6) is 5.75 Å². The largest absolute Gasteiger partial charge is 0.485 e. The predicted molar refractivity (Wildman–Crippen MR) is 183 cm³/mol. The Morgan fingerprint density at radius 3 is 2.51 bits per heavy atom. The monoisotopic (exact) mass is 744 g/mol. The van der Waals surface area contributed by atoms with E-state index in [-0.39, 0.29) is 23.1 Å². The van der Waals surface area contributed by atoms with Crippen molar-refractivity contribution in [2.75, 3.05) is 5.73 Å². The molecular formula is C31H36N8O10S2. The van der Waals surface area contributed by atoms with E-state index in [2.05, 4.69) is 25.1 Å². The van der Waals surface area contributed by atoms with Crippen molar-refractivity contribution in [3.8, 4) is 5.75 Å². The van der Waals surface area contributed by atoms with Crippen LogP contribution in [0.2, 0.25) is 0 Å². The minimum Gasteiger partial charge on any atom is -0.485 e. The van der Waals surface area contributed by atoms with E-state index < -0.39 is 57.2 Å². The van der Waals surface area contributed by atoms with Crippen LogP contribution in [0.3, 0.4) is 0 Å². The number of carboxylic acids is 1. The summed E-state index contributed by atoms with van der Waals surface area (Å²) in [5, 5.41) is 30.0. The van der Waals surface area contributed by atoms with Crippen LogP contribution in [0.1, 0.15) is 55.1 Å². The fraction of sp³-hybridized carbons (Fsp3) is 0.355. The molecule has 20 heteroatoms. The Balaban J connectivity index is 1.31. The summed E-state index contributed by atoms with van der Waals surface area (Å²) in [6.45, 7) is 4.83.